The smallest absolute Gasteiger partial charge is 0.250 e. The van der Waals surface area contributed by atoms with E-state index in [2.05, 4.69) is 9.55 Å². The second-order valence-corrected chi connectivity index (χ2v) is 7.47. The first-order valence-electron chi connectivity index (χ1n) is 9.06. The van der Waals surface area contributed by atoms with Crippen molar-refractivity contribution >= 4 is 17.2 Å². The van der Waals surface area contributed by atoms with Gasteiger partial charge in [0.25, 0.3) is 5.91 Å². The van der Waals surface area contributed by atoms with Crippen LogP contribution in [0.3, 0.4) is 0 Å². The van der Waals surface area contributed by atoms with Crippen molar-refractivity contribution < 1.29 is 9.53 Å². The third-order valence-electron chi connectivity index (χ3n) is 4.78. The SMILES string of the molecule is COc1cccc(Cn2c(-c3csc(-c4cccnc4)n3)cc(C(N)=O)c2C)c1. The molecule has 7 heteroatoms. The van der Waals surface area contributed by atoms with Crippen LogP contribution in [0.1, 0.15) is 21.6 Å². The van der Waals surface area contributed by atoms with Gasteiger partial charge in [-0.25, -0.2) is 4.98 Å². The molecule has 1 aromatic carbocycles. The molecule has 0 radical (unpaired) electrons. The molecule has 0 unspecified atom stereocenters. The molecule has 1 amide bonds. The number of carbonyl (C=O) groups is 1. The lowest BCUT2D eigenvalue weighted by molar-refractivity contribution is 0.0999. The van der Waals surface area contributed by atoms with E-state index in [0.717, 1.165) is 39.0 Å². The first-order chi connectivity index (χ1) is 14.1. The van der Waals surface area contributed by atoms with Gasteiger partial charge in [0.05, 0.1) is 24.1 Å². The van der Waals surface area contributed by atoms with E-state index in [1.807, 2.05) is 54.8 Å². The number of ether oxygens (including phenoxy) is 1. The molecule has 146 valence electrons. The van der Waals surface area contributed by atoms with Crippen molar-refractivity contribution in [1.29, 1.82) is 0 Å². The highest BCUT2D eigenvalue weighted by Crippen LogP contribution is 2.32. The number of hydrogen-bond acceptors (Lipinski definition) is 5. The Labute approximate surface area is 172 Å². The van der Waals surface area contributed by atoms with E-state index in [9.17, 15) is 4.79 Å². The number of benzene rings is 1. The molecule has 4 rings (SSSR count). The molecule has 0 fully saturated rings. The highest BCUT2D eigenvalue weighted by atomic mass is 32.1. The number of pyridine rings is 1. The number of methoxy groups -OCH3 is 1. The van der Waals surface area contributed by atoms with E-state index in [1.54, 1.807) is 30.8 Å². The number of rotatable bonds is 6. The van der Waals surface area contributed by atoms with Gasteiger partial charge in [-0.2, -0.15) is 0 Å². The van der Waals surface area contributed by atoms with E-state index < -0.39 is 5.91 Å². The van der Waals surface area contributed by atoms with Crippen LogP contribution in [0.15, 0.2) is 60.2 Å². The topological polar surface area (TPSA) is 83.0 Å². The molecule has 0 aliphatic carbocycles. The molecule has 29 heavy (non-hydrogen) atoms. The summed E-state index contributed by atoms with van der Waals surface area (Å²) >= 11 is 1.54. The zero-order valence-corrected chi connectivity index (χ0v) is 16.9. The summed E-state index contributed by atoms with van der Waals surface area (Å²) in [5, 5.41) is 2.87. The summed E-state index contributed by atoms with van der Waals surface area (Å²) in [4.78, 5) is 20.9. The van der Waals surface area contributed by atoms with E-state index in [1.165, 1.54) is 0 Å². The molecule has 6 nitrogen and oxygen atoms in total. The maximum Gasteiger partial charge on any atom is 0.250 e. The minimum atomic E-state index is -0.448. The first kappa shape index (κ1) is 18.9. The Bertz CT molecular complexity index is 1160. The van der Waals surface area contributed by atoms with Crippen LogP contribution in [0.2, 0.25) is 0 Å². The van der Waals surface area contributed by atoms with Gasteiger partial charge < -0.3 is 15.0 Å². The quantitative estimate of drug-likeness (QED) is 0.524. The highest BCUT2D eigenvalue weighted by Gasteiger charge is 2.19. The largest absolute Gasteiger partial charge is 0.497 e. The van der Waals surface area contributed by atoms with Crippen LogP contribution in [0.5, 0.6) is 5.75 Å². The van der Waals surface area contributed by atoms with Gasteiger partial charge in [-0.1, -0.05) is 12.1 Å². The lowest BCUT2D eigenvalue weighted by Crippen LogP contribution is -2.12. The lowest BCUT2D eigenvalue weighted by Gasteiger charge is -2.12. The number of primary amides is 1. The minimum Gasteiger partial charge on any atom is -0.497 e. The Balaban J connectivity index is 1.78. The van der Waals surface area contributed by atoms with Gasteiger partial charge in [0.1, 0.15) is 10.8 Å². The summed E-state index contributed by atoms with van der Waals surface area (Å²) in [5.74, 6) is 0.340. The molecule has 0 aliphatic heterocycles. The van der Waals surface area contributed by atoms with Crippen molar-refractivity contribution in [2.45, 2.75) is 13.5 Å². The van der Waals surface area contributed by atoms with Crippen molar-refractivity contribution in [3.05, 3.63) is 77.1 Å². The highest BCUT2D eigenvalue weighted by molar-refractivity contribution is 7.13. The van der Waals surface area contributed by atoms with Gasteiger partial charge in [0.2, 0.25) is 0 Å². The average Bonchev–Trinajstić information content (AvgIpc) is 3.34. The summed E-state index contributed by atoms with van der Waals surface area (Å²) in [6.07, 6.45) is 3.53. The van der Waals surface area contributed by atoms with Crippen LogP contribution in [-0.2, 0) is 6.54 Å². The van der Waals surface area contributed by atoms with Gasteiger partial charge in [0.15, 0.2) is 0 Å². The molecule has 0 bridgehead atoms. The number of aromatic nitrogens is 3. The van der Waals surface area contributed by atoms with Gasteiger partial charge in [-0.15, -0.1) is 11.3 Å². The molecule has 3 aromatic heterocycles. The molecule has 0 spiro atoms. The molecule has 0 atom stereocenters. The van der Waals surface area contributed by atoms with E-state index >= 15 is 0 Å². The zero-order valence-electron chi connectivity index (χ0n) is 16.1. The number of hydrogen-bond donors (Lipinski definition) is 1. The summed E-state index contributed by atoms with van der Waals surface area (Å²) < 4.78 is 7.40. The monoisotopic (exact) mass is 404 g/mol. The molecular weight excluding hydrogens is 384 g/mol. The van der Waals surface area contributed by atoms with Crippen LogP contribution in [0.4, 0.5) is 0 Å². The van der Waals surface area contributed by atoms with E-state index in [0.29, 0.717) is 12.1 Å². The van der Waals surface area contributed by atoms with Crippen molar-refractivity contribution in [1.82, 2.24) is 14.5 Å². The maximum atomic E-state index is 12.0. The zero-order chi connectivity index (χ0) is 20.4. The maximum absolute atomic E-state index is 12.0. The second-order valence-electron chi connectivity index (χ2n) is 6.61. The molecule has 0 saturated heterocycles. The molecular formula is C22H20N4O2S. The van der Waals surface area contributed by atoms with Crippen molar-refractivity contribution in [3.8, 4) is 27.7 Å². The van der Waals surface area contributed by atoms with Gasteiger partial charge in [0, 0.05) is 35.6 Å². The fourth-order valence-corrected chi connectivity index (χ4v) is 4.08. The fourth-order valence-electron chi connectivity index (χ4n) is 3.28. The number of carbonyl (C=O) groups excluding carboxylic acids is 1. The summed E-state index contributed by atoms with van der Waals surface area (Å²) in [6, 6.07) is 13.5. The Morgan fingerprint density at radius 3 is 2.83 bits per heavy atom. The standard InChI is InChI=1S/C22H20N4O2S/c1-14-18(21(23)27)10-20(26(14)12-15-5-3-7-17(9-15)28-2)19-13-29-22(25-19)16-6-4-8-24-11-16/h3-11,13H,12H2,1-2H3,(H2,23,27). The predicted molar refractivity (Wildman–Crippen MR) is 114 cm³/mol. The van der Waals surface area contributed by atoms with E-state index in [4.69, 9.17) is 15.5 Å². The van der Waals surface area contributed by atoms with Crippen molar-refractivity contribution in [3.63, 3.8) is 0 Å². The molecule has 2 N–H and O–H groups in total. The second kappa shape index (κ2) is 7.89. The Morgan fingerprint density at radius 2 is 2.10 bits per heavy atom. The van der Waals surface area contributed by atoms with Crippen LogP contribution in [0, 0.1) is 6.92 Å². The number of thiazole rings is 1. The molecule has 3 heterocycles. The van der Waals surface area contributed by atoms with Crippen LogP contribution in [0.25, 0.3) is 22.0 Å². The fraction of sp³-hybridized carbons (Fsp3) is 0.136. The number of nitrogens with two attached hydrogens (primary N) is 1. The van der Waals surface area contributed by atoms with Gasteiger partial charge in [-0.3, -0.25) is 9.78 Å². The molecule has 4 aromatic rings. The van der Waals surface area contributed by atoms with Gasteiger partial charge in [-0.05, 0) is 42.8 Å². The molecule has 0 saturated carbocycles. The van der Waals surface area contributed by atoms with Crippen LogP contribution in [-0.4, -0.2) is 27.6 Å². The third kappa shape index (κ3) is 3.77. The van der Waals surface area contributed by atoms with Crippen molar-refractivity contribution in [2.24, 2.45) is 5.73 Å². The predicted octanol–water partition coefficient (Wildman–Crippen LogP) is 4.14. The number of amides is 1. The first-order valence-corrected chi connectivity index (χ1v) is 9.94. The number of nitrogens with zero attached hydrogens (tertiary/aromatic N) is 3. The minimum absolute atomic E-state index is 0.448. The molecule has 0 aliphatic rings. The Hall–Kier alpha value is -3.45. The summed E-state index contributed by atoms with van der Waals surface area (Å²) in [5.41, 5.74) is 10.6. The van der Waals surface area contributed by atoms with Crippen LogP contribution < -0.4 is 10.5 Å². The summed E-state index contributed by atoms with van der Waals surface area (Å²) in [6.45, 7) is 2.48. The van der Waals surface area contributed by atoms with Gasteiger partial charge >= 0.3 is 0 Å². The summed E-state index contributed by atoms with van der Waals surface area (Å²) in [7, 11) is 1.64. The van der Waals surface area contributed by atoms with Crippen LogP contribution >= 0.6 is 11.3 Å². The van der Waals surface area contributed by atoms with Crippen molar-refractivity contribution in [2.75, 3.05) is 7.11 Å². The lowest BCUT2D eigenvalue weighted by atomic mass is 10.2. The normalized spacial score (nSPS) is 10.8. The Morgan fingerprint density at radius 1 is 1.24 bits per heavy atom. The average molecular weight is 404 g/mol. The Kier molecular flexibility index (Phi) is 5.14. The third-order valence-corrected chi connectivity index (χ3v) is 5.67. The van der Waals surface area contributed by atoms with E-state index in [-0.39, 0.29) is 0 Å².